The zero-order valence-corrected chi connectivity index (χ0v) is 15.4. The fraction of sp³-hybridized carbons (Fsp3) is 0.381. The molecule has 136 valence electrons. The van der Waals surface area contributed by atoms with Crippen molar-refractivity contribution in [1.82, 2.24) is 4.57 Å². The summed E-state index contributed by atoms with van der Waals surface area (Å²) in [5.41, 5.74) is 2.65. The van der Waals surface area contributed by atoms with Crippen molar-refractivity contribution in [3.63, 3.8) is 0 Å². The van der Waals surface area contributed by atoms with E-state index in [1.807, 2.05) is 12.1 Å². The molecule has 4 rings (SSSR count). The Balaban J connectivity index is 1.72. The first kappa shape index (κ1) is 16.8. The zero-order chi connectivity index (χ0) is 18.3. The van der Waals surface area contributed by atoms with Crippen LogP contribution in [0.1, 0.15) is 48.7 Å². The second-order valence-corrected chi connectivity index (χ2v) is 7.09. The van der Waals surface area contributed by atoms with Crippen LogP contribution in [0.15, 0.2) is 40.8 Å². The number of ether oxygens (including phenoxy) is 2. The standard InChI is InChI=1S/C21H23NO4/c1-4-25-20(23)18-8-6-16(26-18)13-22-17-7-5-15(24-3)11-14(17)12-19(22)21(2)9-10-21/h5-8,11-12H,4,9-10,13H2,1-3H3. The van der Waals surface area contributed by atoms with Crippen LogP contribution in [0.25, 0.3) is 10.9 Å². The molecule has 1 fully saturated rings. The lowest BCUT2D eigenvalue weighted by Crippen LogP contribution is -2.11. The van der Waals surface area contributed by atoms with Crippen LogP contribution in [0.2, 0.25) is 0 Å². The summed E-state index contributed by atoms with van der Waals surface area (Å²) in [5.74, 6) is 1.42. The molecule has 0 atom stereocenters. The number of fused-ring (bicyclic) bond motifs is 1. The summed E-state index contributed by atoms with van der Waals surface area (Å²) in [6.45, 7) is 4.99. The topological polar surface area (TPSA) is 53.6 Å². The minimum Gasteiger partial charge on any atom is -0.497 e. The van der Waals surface area contributed by atoms with E-state index in [1.54, 1.807) is 20.1 Å². The van der Waals surface area contributed by atoms with Gasteiger partial charge < -0.3 is 18.5 Å². The van der Waals surface area contributed by atoms with Crippen LogP contribution in [0.3, 0.4) is 0 Å². The number of aromatic nitrogens is 1. The molecule has 2 aromatic heterocycles. The maximum atomic E-state index is 11.8. The molecule has 0 unspecified atom stereocenters. The van der Waals surface area contributed by atoms with Gasteiger partial charge in [-0.15, -0.1) is 0 Å². The SMILES string of the molecule is CCOC(=O)c1ccc(Cn2c(C3(C)CC3)cc3cc(OC)ccc32)o1. The summed E-state index contributed by atoms with van der Waals surface area (Å²) in [6.07, 6.45) is 2.37. The van der Waals surface area contributed by atoms with Gasteiger partial charge in [-0.05, 0) is 56.2 Å². The third-order valence-corrected chi connectivity index (χ3v) is 5.18. The first-order chi connectivity index (χ1) is 12.5. The van der Waals surface area contributed by atoms with Crippen LogP contribution in [0.5, 0.6) is 5.75 Å². The van der Waals surface area contributed by atoms with Crippen LogP contribution in [0, 0.1) is 0 Å². The van der Waals surface area contributed by atoms with Gasteiger partial charge in [0.15, 0.2) is 0 Å². The molecule has 0 bridgehead atoms. The number of rotatable bonds is 6. The Labute approximate surface area is 152 Å². The number of nitrogens with zero attached hydrogens (tertiary/aromatic N) is 1. The van der Waals surface area contributed by atoms with E-state index in [0.717, 1.165) is 22.4 Å². The molecule has 2 heterocycles. The highest BCUT2D eigenvalue weighted by Crippen LogP contribution is 2.49. The fourth-order valence-electron chi connectivity index (χ4n) is 3.42. The van der Waals surface area contributed by atoms with Gasteiger partial charge in [0.2, 0.25) is 5.76 Å². The van der Waals surface area contributed by atoms with Crippen molar-refractivity contribution in [2.45, 2.75) is 38.6 Å². The van der Waals surface area contributed by atoms with Crippen LogP contribution >= 0.6 is 0 Å². The van der Waals surface area contributed by atoms with Gasteiger partial charge in [-0.1, -0.05) is 6.92 Å². The second-order valence-electron chi connectivity index (χ2n) is 7.09. The van der Waals surface area contributed by atoms with Crippen LogP contribution in [0.4, 0.5) is 0 Å². The molecule has 5 nitrogen and oxygen atoms in total. The highest BCUT2D eigenvalue weighted by molar-refractivity contribution is 5.86. The van der Waals surface area contributed by atoms with E-state index in [0.29, 0.717) is 13.2 Å². The van der Waals surface area contributed by atoms with Crippen molar-refractivity contribution >= 4 is 16.9 Å². The molecule has 1 aliphatic rings. The monoisotopic (exact) mass is 353 g/mol. The first-order valence-electron chi connectivity index (χ1n) is 8.97. The van der Waals surface area contributed by atoms with Crippen molar-refractivity contribution < 1.29 is 18.7 Å². The molecule has 1 aliphatic carbocycles. The first-order valence-corrected chi connectivity index (χ1v) is 8.97. The van der Waals surface area contributed by atoms with E-state index in [4.69, 9.17) is 13.9 Å². The molecular formula is C21H23NO4. The minimum absolute atomic E-state index is 0.211. The Bertz CT molecular complexity index is 962. The Morgan fingerprint density at radius 2 is 2.04 bits per heavy atom. The number of carbonyl (C=O) groups excluding carboxylic acids is 1. The zero-order valence-electron chi connectivity index (χ0n) is 15.4. The Morgan fingerprint density at radius 3 is 2.73 bits per heavy atom. The number of benzene rings is 1. The summed E-state index contributed by atoms with van der Waals surface area (Å²) in [4.78, 5) is 11.8. The molecule has 0 amide bonds. The number of hydrogen-bond acceptors (Lipinski definition) is 4. The minimum atomic E-state index is -0.421. The van der Waals surface area contributed by atoms with Gasteiger partial charge in [-0.25, -0.2) is 4.79 Å². The summed E-state index contributed by atoms with van der Waals surface area (Å²) in [6, 6.07) is 11.9. The molecule has 0 saturated heterocycles. The molecule has 1 aromatic carbocycles. The molecule has 0 aliphatic heterocycles. The van der Waals surface area contributed by atoms with Gasteiger partial charge in [0, 0.05) is 22.0 Å². The molecule has 3 aromatic rings. The maximum absolute atomic E-state index is 11.8. The van der Waals surface area contributed by atoms with Crippen molar-refractivity contribution in [1.29, 1.82) is 0 Å². The van der Waals surface area contributed by atoms with E-state index in [9.17, 15) is 4.79 Å². The average molecular weight is 353 g/mol. The normalized spacial score (nSPS) is 15.2. The van der Waals surface area contributed by atoms with Gasteiger partial charge in [0.05, 0.1) is 20.3 Å². The Morgan fingerprint density at radius 1 is 1.23 bits per heavy atom. The predicted molar refractivity (Wildman–Crippen MR) is 98.8 cm³/mol. The highest BCUT2D eigenvalue weighted by Gasteiger charge is 2.42. The molecule has 0 spiro atoms. The fourth-order valence-corrected chi connectivity index (χ4v) is 3.42. The number of furan rings is 1. The highest BCUT2D eigenvalue weighted by atomic mass is 16.5. The van der Waals surface area contributed by atoms with E-state index in [1.165, 1.54) is 18.5 Å². The van der Waals surface area contributed by atoms with Gasteiger partial charge in [0.1, 0.15) is 11.5 Å². The van der Waals surface area contributed by atoms with Gasteiger partial charge >= 0.3 is 5.97 Å². The van der Waals surface area contributed by atoms with E-state index in [-0.39, 0.29) is 11.2 Å². The van der Waals surface area contributed by atoms with Crippen molar-refractivity contribution in [2.24, 2.45) is 0 Å². The summed E-state index contributed by atoms with van der Waals surface area (Å²) >= 11 is 0. The lowest BCUT2D eigenvalue weighted by Gasteiger charge is -2.14. The average Bonchev–Trinajstić information content (AvgIpc) is 3.08. The molecule has 1 saturated carbocycles. The number of esters is 1. The summed E-state index contributed by atoms with van der Waals surface area (Å²) in [7, 11) is 1.68. The van der Waals surface area contributed by atoms with Crippen molar-refractivity contribution in [2.75, 3.05) is 13.7 Å². The Hall–Kier alpha value is -2.69. The van der Waals surface area contributed by atoms with E-state index < -0.39 is 5.97 Å². The lowest BCUT2D eigenvalue weighted by molar-refractivity contribution is 0.0488. The quantitative estimate of drug-likeness (QED) is 0.612. The smallest absolute Gasteiger partial charge is 0.374 e. The van der Waals surface area contributed by atoms with Gasteiger partial charge in [-0.3, -0.25) is 0 Å². The third kappa shape index (κ3) is 2.87. The van der Waals surface area contributed by atoms with Crippen molar-refractivity contribution in [3.05, 3.63) is 53.6 Å². The van der Waals surface area contributed by atoms with Crippen LogP contribution in [-0.2, 0) is 16.7 Å². The number of carbonyl (C=O) groups is 1. The molecule has 0 radical (unpaired) electrons. The van der Waals surface area contributed by atoms with E-state index in [2.05, 4.69) is 29.7 Å². The largest absolute Gasteiger partial charge is 0.497 e. The van der Waals surface area contributed by atoms with Crippen molar-refractivity contribution in [3.8, 4) is 5.75 Å². The lowest BCUT2D eigenvalue weighted by atomic mass is 10.1. The van der Waals surface area contributed by atoms with Crippen LogP contribution < -0.4 is 4.74 Å². The predicted octanol–water partition coefficient (Wildman–Crippen LogP) is 4.52. The maximum Gasteiger partial charge on any atom is 0.374 e. The molecule has 0 N–H and O–H groups in total. The van der Waals surface area contributed by atoms with Gasteiger partial charge in [0.25, 0.3) is 0 Å². The molecule has 5 heteroatoms. The second kappa shape index (κ2) is 6.24. The summed E-state index contributed by atoms with van der Waals surface area (Å²) < 4.78 is 18.4. The van der Waals surface area contributed by atoms with E-state index >= 15 is 0 Å². The number of hydrogen-bond donors (Lipinski definition) is 0. The Kier molecular flexibility index (Phi) is 4.02. The molecular weight excluding hydrogens is 330 g/mol. The van der Waals surface area contributed by atoms with Crippen LogP contribution in [-0.4, -0.2) is 24.3 Å². The number of methoxy groups -OCH3 is 1. The van der Waals surface area contributed by atoms with Gasteiger partial charge in [-0.2, -0.15) is 0 Å². The summed E-state index contributed by atoms with van der Waals surface area (Å²) in [5, 5.41) is 1.16. The molecule has 26 heavy (non-hydrogen) atoms. The third-order valence-electron chi connectivity index (χ3n) is 5.18.